The van der Waals surface area contributed by atoms with Gasteiger partial charge in [-0.15, -0.1) is 11.3 Å². The van der Waals surface area contributed by atoms with Crippen LogP contribution in [0.2, 0.25) is 0 Å². The Morgan fingerprint density at radius 2 is 2.33 bits per heavy atom. The highest BCUT2D eigenvalue weighted by Gasteiger charge is 2.43. The van der Waals surface area contributed by atoms with Crippen LogP contribution in [0.25, 0.3) is 0 Å². The first-order valence-corrected chi connectivity index (χ1v) is 8.10. The van der Waals surface area contributed by atoms with E-state index in [-0.39, 0.29) is 6.03 Å². The number of nitrogens with one attached hydrogen (secondary N) is 1. The summed E-state index contributed by atoms with van der Waals surface area (Å²) in [6, 6.07) is 3.58. The van der Waals surface area contributed by atoms with Crippen molar-refractivity contribution in [2.45, 2.75) is 44.7 Å². The maximum Gasteiger partial charge on any atom is 0.329 e. The molecule has 2 rings (SSSR count). The van der Waals surface area contributed by atoms with Gasteiger partial charge in [-0.2, -0.15) is 0 Å². The van der Waals surface area contributed by atoms with Crippen molar-refractivity contribution in [3.05, 3.63) is 22.4 Å². The van der Waals surface area contributed by atoms with Crippen molar-refractivity contribution in [3.8, 4) is 0 Å². The molecule has 1 aliphatic rings. The second-order valence-electron chi connectivity index (χ2n) is 5.95. The van der Waals surface area contributed by atoms with Gasteiger partial charge in [0.2, 0.25) is 0 Å². The SMILES string of the molecule is CC1CCCC(NC(=O)N(C)Cc2cccs2)(C(=O)O)C1. The standard InChI is InChI=1S/C15H22N2O3S/c1-11-5-3-7-15(9-11,13(18)19)16-14(20)17(2)10-12-6-4-8-21-12/h4,6,8,11H,3,5,7,9-10H2,1-2H3,(H,16,20)(H,18,19). The van der Waals surface area contributed by atoms with Crippen LogP contribution in [-0.2, 0) is 11.3 Å². The van der Waals surface area contributed by atoms with Crippen molar-refractivity contribution in [1.82, 2.24) is 10.2 Å². The van der Waals surface area contributed by atoms with Gasteiger partial charge in [-0.3, -0.25) is 0 Å². The lowest BCUT2D eigenvalue weighted by Crippen LogP contribution is -2.59. The number of carboxylic acid groups (broad SMARTS) is 1. The zero-order chi connectivity index (χ0) is 15.5. The predicted molar refractivity (Wildman–Crippen MR) is 82.3 cm³/mol. The van der Waals surface area contributed by atoms with E-state index in [1.54, 1.807) is 18.4 Å². The highest BCUT2D eigenvalue weighted by Crippen LogP contribution is 2.32. The number of urea groups is 1. The lowest BCUT2D eigenvalue weighted by Gasteiger charge is -2.38. The molecule has 1 aromatic rings. The summed E-state index contributed by atoms with van der Waals surface area (Å²) in [5, 5.41) is 14.3. The van der Waals surface area contributed by atoms with E-state index in [2.05, 4.69) is 5.32 Å². The molecule has 1 aliphatic carbocycles. The lowest BCUT2D eigenvalue weighted by atomic mass is 9.76. The molecule has 1 fully saturated rings. The van der Waals surface area contributed by atoms with E-state index >= 15 is 0 Å². The summed E-state index contributed by atoms with van der Waals surface area (Å²) in [5.41, 5.74) is -1.11. The number of amides is 2. The summed E-state index contributed by atoms with van der Waals surface area (Å²) in [4.78, 5) is 26.6. The molecule has 0 bridgehead atoms. The first-order chi connectivity index (χ1) is 9.93. The summed E-state index contributed by atoms with van der Waals surface area (Å²) in [6.45, 7) is 2.53. The van der Waals surface area contributed by atoms with Gasteiger partial charge < -0.3 is 15.3 Å². The van der Waals surface area contributed by atoms with Crippen molar-refractivity contribution in [2.75, 3.05) is 7.05 Å². The maximum atomic E-state index is 12.3. The molecule has 1 saturated carbocycles. The van der Waals surface area contributed by atoms with E-state index < -0.39 is 11.5 Å². The number of thiophene rings is 1. The molecule has 1 heterocycles. The number of carbonyl (C=O) groups is 2. The number of carboxylic acids is 1. The number of hydrogen-bond acceptors (Lipinski definition) is 3. The smallest absolute Gasteiger partial charge is 0.329 e. The van der Waals surface area contributed by atoms with E-state index in [9.17, 15) is 14.7 Å². The maximum absolute atomic E-state index is 12.3. The van der Waals surface area contributed by atoms with Crippen LogP contribution in [0.5, 0.6) is 0 Å². The molecule has 2 unspecified atom stereocenters. The van der Waals surface area contributed by atoms with Crippen molar-refractivity contribution in [2.24, 2.45) is 5.92 Å². The second-order valence-corrected chi connectivity index (χ2v) is 6.99. The Hall–Kier alpha value is -1.56. The third-order valence-electron chi connectivity index (χ3n) is 4.07. The highest BCUT2D eigenvalue weighted by atomic mass is 32.1. The average molecular weight is 310 g/mol. The molecule has 116 valence electrons. The van der Waals surface area contributed by atoms with Crippen LogP contribution >= 0.6 is 11.3 Å². The predicted octanol–water partition coefficient (Wildman–Crippen LogP) is 2.92. The fourth-order valence-electron chi connectivity index (χ4n) is 2.92. The van der Waals surface area contributed by atoms with Crippen LogP contribution in [0.4, 0.5) is 4.79 Å². The molecule has 0 aromatic carbocycles. The topological polar surface area (TPSA) is 69.6 Å². The average Bonchev–Trinajstić information content (AvgIpc) is 2.91. The highest BCUT2D eigenvalue weighted by molar-refractivity contribution is 7.09. The number of rotatable bonds is 4. The fraction of sp³-hybridized carbons (Fsp3) is 0.600. The van der Waals surface area contributed by atoms with E-state index in [0.29, 0.717) is 25.3 Å². The van der Waals surface area contributed by atoms with Crippen LogP contribution in [0.1, 0.15) is 37.5 Å². The molecule has 5 nitrogen and oxygen atoms in total. The van der Waals surface area contributed by atoms with Crippen LogP contribution in [0, 0.1) is 5.92 Å². The molecule has 21 heavy (non-hydrogen) atoms. The monoisotopic (exact) mass is 310 g/mol. The van der Waals surface area contributed by atoms with Crippen LogP contribution < -0.4 is 5.32 Å². The van der Waals surface area contributed by atoms with E-state index in [4.69, 9.17) is 0 Å². The normalized spacial score (nSPS) is 25.3. The minimum Gasteiger partial charge on any atom is -0.480 e. The Morgan fingerprint density at radius 1 is 1.57 bits per heavy atom. The van der Waals surface area contributed by atoms with Gasteiger partial charge in [-0.05, 0) is 30.2 Å². The van der Waals surface area contributed by atoms with Gasteiger partial charge in [0.1, 0.15) is 5.54 Å². The first-order valence-electron chi connectivity index (χ1n) is 7.22. The van der Waals surface area contributed by atoms with Gasteiger partial charge in [-0.1, -0.05) is 25.8 Å². The summed E-state index contributed by atoms with van der Waals surface area (Å²) < 4.78 is 0. The quantitative estimate of drug-likeness (QED) is 0.898. The number of nitrogens with zero attached hydrogens (tertiary/aromatic N) is 1. The van der Waals surface area contributed by atoms with Crippen LogP contribution in [0.15, 0.2) is 17.5 Å². The van der Waals surface area contributed by atoms with Gasteiger partial charge in [0.25, 0.3) is 0 Å². The van der Waals surface area contributed by atoms with Gasteiger partial charge in [0.05, 0.1) is 6.54 Å². The lowest BCUT2D eigenvalue weighted by molar-refractivity contribution is -0.146. The van der Waals surface area contributed by atoms with Crippen LogP contribution in [-0.4, -0.2) is 34.6 Å². The molecular weight excluding hydrogens is 288 g/mol. The summed E-state index contributed by atoms with van der Waals surface area (Å²) in [5.74, 6) is -0.607. The third-order valence-corrected chi connectivity index (χ3v) is 4.93. The Kier molecular flexibility index (Phi) is 4.88. The Labute approximate surface area is 129 Å². The third kappa shape index (κ3) is 3.75. The number of carbonyl (C=O) groups excluding carboxylic acids is 1. The Bertz CT molecular complexity index is 503. The summed E-state index contributed by atoms with van der Waals surface area (Å²) in [7, 11) is 1.69. The first kappa shape index (κ1) is 15.8. The molecule has 0 radical (unpaired) electrons. The molecular formula is C15H22N2O3S. The molecule has 0 saturated heterocycles. The molecule has 2 atom stereocenters. The van der Waals surface area contributed by atoms with Crippen molar-refractivity contribution < 1.29 is 14.7 Å². The Balaban J connectivity index is 2.02. The van der Waals surface area contributed by atoms with Crippen LogP contribution in [0.3, 0.4) is 0 Å². The number of hydrogen-bond donors (Lipinski definition) is 2. The van der Waals surface area contributed by atoms with Gasteiger partial charge in [0, 0.05) is 11.9 Å². The fourth-order valence-corrected chi connectivity index (χ4v) is 3.68. The molecule has 0 spiro atoms. The van der Waals surface area contributed by atoms with E-state index in [1.165, 1.54) is 4.90 Å². The zero-order valence-corrected chi connectivity index (χ0v) is 13.3. The van der Waals surface area contributed by atoms with Gasteiger partial charge >= 0.3 is 12.0 Å². The second kappa shape index (κ2) is 6.47. The van der Waals surface area contributed by atoms with Gasteiger partial charge in [0.15, 0.2) is 0 Å². The summed E-state index contributed by atoms with van der Waals surface area (Å²) in [6.07, 6.45) is 2.87. The summed E-state index contributed by atoms with van der Waals surface area (Å²) >= 11 is 1.58. The largest absolute Gasteiger partial charge is 0.480 e. The zero-order valence-electron chi connectivity index (χ0n) is 12.5. The minimum absolute atomic E-state index is 0.317. The molecule has 2 N–H and O–H groups in total. The van der Waals surface area contributed by atoms with E-state index in [1.807, 2.05) is 24.4 Å². The van der Waals surface area contributed by atoms with Crippen molar-refractivity contribution in [3.63, 3.8) is 0 Å². The number of aliphatic carboxylic acids is 1. The van der Waals surface area contributed by atoms with Crippen molar-refractivity contribution in [1.29, 1.82) is 0 Å². The Morgan fingerprint density at radius 3 is 2.90 bits per heavy atom. The van der Waals surface area contributed by atoms with Gasteiger partial charge in [-0.25, -0.2) is 9.59 Å². The van der Waals surface area contributed by atoms with Crippen molar-refractivity contribution >= 4 is 23.3 Å². The van der Waals surface area contributed by atoms with E-state index in [0.717, 1.165) is 17.7 Å². The molecule has 1 aromatic heterocycles. The molecule has 0 aliphatic heterocycles. The molecule has 6 heteroatoms. The molecule has 2 amide bonds. The minimum atomic E-state index is -1.11.